The lowest BCUT2D eigenvalue weighted by molar-refractivity contribution is -0.150. The van der Waals surface area contributed by atoms with E-state index in [1.165, 1.54) is 0 Å². The first-order valence-corrected chi connectivity index (χ1v) is 5.90. The second-order valence-corrected chi connectivity index (χ2v) is 5.60. The van der Waals surface area contributed by atoms with Crippen LogP contribution in [-0.4, -0.2) is 36.6 Å². The van der Waals surface area contributed by atoms with Gasteiger partial charge in [-0.3, -0.25) is 0 Å². The molecule has 1 heterocycles. The minimum atomic E-state index is -0.425. The fourth-order valence-corrected chi connectivity index (χ4v) is 1.87. The summed E-state index contributed by atoms with van der Waals surface area (Å²) in [4.78, 5) is 14.1. The Hall–Kier alpha value is -0.830. The van der Waals surface area contributed by atoms with Gasteiger partial charge >= 0.3 is 5.97 Å². The summed E-state index contributed by atoms with van der Waals surface area (Å²) >= 11 is 0. The van der Waals surface area contributed by atoms with Crippen LogP contribution in [0, 0.1) is 5.92 Å². The number of rotatable bonds is 2. The van der Waals surface area contributed by atoms with Crippen molar-refractivity contribution < 1.29 is 9.53 Å². The van der Waals surface area contributed by atoms with E-state index in [9.17, 15) is 4.79 Å². The zero-order valence-corrected chi connectivity index (χ0v) is 10.9. The van der Waals surface area contributed by atoms with Gasteiger partial charge in [0.1, 0.15) is 5.60 Å². The van der Waals surface area contributed by atoms with Gasteiger partial charge in [0.15, 0.2) is 0 Å². The third kappa shape index (κ3) is 3.97. The topological polar surface area (TPSA) is 29.5 Å². The van der Waals surface area contributed by atoms with Crippen LogP contribution in [-0.2, 0) is 9.53 Å². The van der Waals surface area contributed by atoms with Gasteiger partial charge in [0.05, 0.1) is 0 Å². The molecule has 0 aliphatic carbocycles. The Morgan fingerprint density at radius 1 is 1.31 bits per heavy atom. The van der Waals surface area contributed by atoms with Crippen molar-refractivity contribution in [3.8, 4) is 0 Å². The highest BCUT2D eigenvalue weighted by molar-refractivity contribution is 5.88. The predicted octanol–water partition coefficient (Wildman–Crippen LogP) is 2.23. The molecule has 0 aromatic rings. The number of carbonyl (C=O) groups is 1. The quantitative estimate of drug-likeness (QED) is 0.533. The molecular weight excluding hydrogens is 202 g/mol. The fraction of sp³-hybridized carbons (Fsp3) is 0.769. The average Bonchev–Trinajstić information content (AvgIpc) is 2.15. The number of hydrogen-bond acceptors (Lipinski definition) is 3. The highest BCUT2D eigenvalue weighted by Crippen LogP contribution is 2.25. The molecule has 0 N–H and O–H groups in total. The van der Waals surface area contributed by atoms with E-state index in [1.807, 2.05) is 20.8 Å². The maximum Gasteiger partial charge on any atom is 0.334 e. The van der Waals surface area contributed by atoms with Crippen molar-refractivity contribution in [1.82, 2.24) is 4.90 Å². The predicted molar refractivity (Wildman–Crippen MR) is 65.2 cm³/mol. The lowest BCUT2D eigenvalue weighted by Gasteiger charge is -2.30. The molecule has 0 radical (unpaired) electrons. The fourth-order valence-electron chi connectivity index (χ4n) is 1.87. The van der Waals surface area contributed by atoms with Crippen LogP contribution in [0.15, 0.2) is 12.2 Å². The maximum atomic E-state index is 11.8. The molecule has 1 rings (SSSR count). The van der Waals surface area contributed by atoms with Crippen molar-refractivity contribution in [1.29, 1.82) is 0 Å². The number of likely N-dealkylation sites (tertiary alicyclic amines) is 1. The summed E-state index contributed by atoms with van der Waals surface area (Å²) in [6.07, 6.45) is 2.02. The first-order chi connectivity index (χ1) is 7.29. The molecule has 0 aromatic heterocycles. The summed E-state index contributed by atoms with van der Waals surface area (Å²) in [6, 6.07) is 0. The summed E-state index contributed by atoms with van der Waals surface area (Å²) < 4.78 is 5.33. The summed E-state index contributed by atoms with van der Waals surface area (Å²) in [7, 11) is 2.10. The molecule has 0 atom stereocenters. The van der Waals surface area contributed by atoms with Gasteiger partial charge in [0, 0.05) is 5.57 Å². The first kappa shape index (κ1) is 13.2. The van der Waals surface area contributed by atoms with E-state index in [0.29, 0.717) is 11.5 Å². The Balaban J connectivity index is 2.48. The average molecular weight is 225 g/mol. The van der Waals surface area contributed by atoms with Crippen molar-refractivity contribution in [2.24, 2.45) is 5.92 Å². The minimum absolute atomic E-state index is 0.234. The molecule has 0 amide bonds. The van der Waals surface area contributed by atoms with E-state index >= 15 is 0 Å². The van der Waals surface area contributed by atoms with Crippen LogP contribution in [0.5, 0.6) is 0 Å². The maximum absolute atomic E-state index is 11.8. The van der Waals surface area contributed by atoms with Crippen molar-refractivity contribution in [3.63, 3.8) is 0 Å². The molecule has 3 heteroatoms. The number of carbonyl (C=O) groups excluding carboxylic acids is 1. The largest absolute Gasteiger partial charge is 0.457 e. The lowest BCUT2D eigenvalue weighted by atomic mass is 9.90. The van der Waals surface area contributed by atoms with E-state index in [-0.39, 0.29) is 5.97 Å². The van der Waals surface area contributed by atoms with Crippen molar-refractivity contribution in [2.75, 3.05) is 20.1 Å². The Morgan fingerprint density at radius 2 is 1.81 bits per heavy atom. The van der Waals surface area contributed by atoms with E-state index < -0.39 is 5.60 Å². The third-order valence-corrected chi connectivity index (χ3v) is 2.87. The Bertz CT molecular complexity index is 270. The minimum Gasteiger partial charge on any atom is -0.457 e. The van der Waals surface area contributed by atoms with Gasteiger partial charge in [-0.15, -0.1) is 0 Å². The van der Waals surface area contributed by atoms with E-state index in [1.54, 1.807) is 0 Å². The van der Waals surface area contributed by atoms with E-state index in [0.717, 1.165) is 25.9 Å². The molecule has 0 aromatic carbocycles. The second kappa shape index (κ2) is 5.00. The van der Waals surface area contributed by atoms with Crippen LogP contribution in [0.1, 0.15) is 33.6 Å². The van der Waals surface area contributed by atoms with Crippen molar-refractivity contribution in [3.05, 3.63) is 12.2 Å². The number of hydrogen-bond donors (Lipinski definition) is 0. The number of piperidine rings is 1. The van der Waals surface area contributed by atoms with Gasteiger partial charge in [-0.05, 0) is 59.7 Å². The van der Waals surface area contributed by atoms with Gasteiger partial charge in [-0.2, -0.15) is 0 Å². The molecule has 1 saturated heterocycles. The highest BCUT2D eigenvalue weighted by Gasteiger charge is 2.26. The SMILES string of the molecule is C=C(C(=O)OC(C)(C)C)C1CCN(C)CC1. The van der Waals surface area contributed by atoms with Crippen LogP contribution >= 0.6 is 0 Å². The van der Waals surface area contributed by atoms with Crippen LogP contribution in [0.2, 0.25) is 0 Å². The van der Waals surface area contributed by atoms with E-state index in [2.05, 4.69) is 18.5 Å². The van der Waals surface area contributed by atoms with Gasteiger partial charge in [-0.1, -0.05) is 6.58 Å². The molecule has 0 spiro atoms. The molecule has 92 valence electrons. The van der Waals surface area contributed by atoms with Crippen LogP contribution in [0.25, 0.3) is 0 Å². The number of esters is 1. The molecule has 16 heavy (non-hydrogen) atoms. The Labute approximate surface area is 98.5 Å². The molecule has 1 aliphatic rings. The second-order valence-electron chi connectivity index (χ2n) is 5.60. The number of nitrogens with zero attached hydrogens (tertiary/aromatic N) is 1. The summed E-state index contributed by atoms with van der Waals surface area (Å²) in [6.45, 7) is 11.6. The van der Waals surface area contributed by atoms with Crippen molar-refractivity contribution in [2.45, 2.75) is 39.2 Å². The van der Waals surface area contributed by atoms with Gasteiger partial charge in [-0.25, -0.2) is 4.79 Å². The monoisotopic (exact) mass is 225 g/mol. The van der Waals surface area contributed by atoms with Gasteiger partial charge in [0.25, 0.3) is 0 Å². The summed E-state index contributed by atoms with van der Waals surface area (Å²) in [5.41, 5.74) is 0.217. The first-order valence-electron chi connectivity index (χ1n) is 5.90. The van der Waals surface area contributed by atoms with Crippen LogP contribution in [0.3, 0.4) is 0 Å². The molecular formula is C13H23NO2. The zero-order chi connectivity index (χ0) is 12.3. The lowest BCUT2D eigenvalue weighted by Crippen LogP contribution is -2.33. The Morgan fingerprint density at radius 3 is 2.25 bits per heavy atom. The Kier molecular flexibility index (Phi) is 4.14. The molecule has 0 bridgehead atoms. The standard InChI is InChI=1S/C13H23NO2/c1-10(12(15)16-13(2,3)4)11-6-8-14(5)9-7-11/h11H,1,6-9H2,2-5H3. The van der Waals surface area contributed by atoms with Crippen molar-refractivity contribution >= 4 is 5.97 Å². The molecule has 3 nitrogen and oxygen atoms in total. The molecule has 0 unspecified atom stereocenters. The van der Waals surface area contributed by atoms with Crippen LogP contribution in [0.4, 0.5) is 0 Å². The molecule has 1 aliphatic heterocycles. The smallest absolute Gasteiger partial charge is 0.334 e. The van der Waals surface area contributed by atoms with Gasteiger partial charge < -0.3 is 9.64 Å². The molecule has 0 saturated carbocycles. The normalized spacial score (nSPS) is 19.5. The van der Waals surface area contributed by atoms with Crippen LogP contribution < -0.4 is 0 Å². The number of ether oxygens (including phenoxy) is 1. The van der Waals surface area contributed by atoms with Gasteiger partial charge in [0.2, 0.25) is 0 Å². The summed E-state index contributed by atoms with van der Waals surface area (Å²) in [5, 5.41) is 0. The third-order valence-electron chi connectivity index (χ3n) is 2.87. The zero-order valence-electron chi connectivity index (χ0n) is 10.9. The molecule has 1 fully saturated rings. The van der Waals surface area contributed by atoms with E-state index in [4.69, 9.17) is 4.74 Å². The highest BCUT2D eigenvalue weighted by atomic mass is 16.6. The summed E-state index contributed by atoms with van der Waals surface area (Å²) in [5.74, 6) is 0.0631.